The summed E-state index contributed by atoms with van der Waals surface area (Å²) in [4.78, 5) is 6.24. The molecule has 1 radical (unpaired) electrons. The SMILES string of the molecule is [CH2]N1CCC(c2cccnc2)C1. The van der Waals surface area contributed by atoms with E-state index in [0.29, 0.717) is 5.92 Å². The molecule has 1 saturated heterocycles. The van der Waals surface area contributed by atoms with Crippen LogP contribution in [-0.2, 0) is 0 Å². The highest BCUT2D eigenvalue weighted by Crippen LogP contribution is 2.25. The fraction of sp³-hybridized carbons (Fsp3) is 0.400. The van der Waals surface area contributed by atoms with Crippen molar-refractivity contribution in [3.05, 3.63) is 37.1 Å². The fourth-order valence-corrected chi connectivity index (χ4v) is 1.72. The van der Waals surface area contributed by atoms with Crippen molar-refractivity contribution in [2.75, 3.05) is 13.1 Å². The van der Waals surface area contributed by atoms with Gasteiger partial charge in [-0.15, -0.1) is 0 Å². The Kier molecular flexibility index (Phi) is 2.09. The summed E-state index contributed by atoms with van der Waals surface area (Å²) >= 11 is 0. The highest BCUT2D eigenvalue weighted by molar-refractivity contribution is 5.16. The van der Waals surface area contributed by atoms with Crippen LogP contribution in [0, 0.1) is 7.05 Å². The van der Waals surface area contributed by atoms with Crippen LogP contribution in [0.25, 0.3) is 0 Å². The van der Waals surface area contributed by atoms with Crippen molar-refractivity contribution in [1.29, 1.82) is 0 Å². The number of likely N-dealkylation sites (tertiary alicyclic amines) is 1. The van der Waals surface area contributed by atoms with Crippen molar-refractivity contribution in [3.8, 4) is 0 Å². The minimum Gasteiger partial charge on any atom is -0.301 e. The molecule has 2 heteroatoms. The van der Waals surface area contributed by atoms with Gasteiger partial charge >= 0.3 is 0 Å². The number of aromatic nitrogens is 1. The second-order valence-corrected chi connectivity index (χ2v) is 3.35. The van der Waals surface area contributed by atoms with Gasteiger partial charge in [-0.25, -0.2) is 0 Å². The smallest absolute Gasteiger partial charge is 0.0303 e. The predicted octanol–water partition coefficient (Wildman–Crippen LogP) is 1.66. The van der Waals surface area contributed by atoms with Gasteiger partial charge in [-0.05, 0) is 30.5 Å². The Morgan fingerprint density at radius 1 is 1.58 bits per heavy atom. The van der Waals surface area contributed by atoms with Gasteiger partial charge in [0.25, 0.3) is 0 Å². The zero-order valence-electron chi connectivity index (χ0n) is 7.11. The Hall–Kier alpha value is -0.890. The third kappa shape index (κ3) is 1.48. The average Bonchev–Trinajstić information content (AvgIpc) is 2.54. The first-order valence-corrected chi connectivity index (χ1v) is 4.31. The maximum Gasteiger partial charge on any atom is 0.0303 e. The van der Waals surface area contributed by atoms with Crippen molar-refractivity contribution >= 4 is 0 Å². The first-order chi connectivity index (χ1) is 5.86. The number of pyridine rings is 1. The van der Waals surface area contributed by atoms with Crippen molar-refractivity contribution in [2.24, 2.45) is 0 Å². The highest BCUT2D eigenvalue weighted by atomic mass is 15.1. The molecule has 1 aromatic heterocycles. The zero-order valence-corrected chi connectivity index (χ0v) is 7.11. The monoisotopic (exact) mass is 161 g/mol. The molecule has 1 aliphatic rings. The summed E-state index contributed by atoms with van der Waals surface area (Å²) in [5.74, 6) is 0.649. The first kappa shape index (κ1) is 7.74. The number of rotatable bonds is 1. The molecule has 0 aromatic carbocycles. The lowest BCUT2D eigenvalue weighted by Crippen LogP contribution is -2.10. The molecule has 0 spiro atoms. The Morgan fingerprint density at radius 3 is 3.08 bits per heavy atom. The fourth-order valence-electron chi connectivity index (χ4n) is 1.72. The van der Waals surface area contributed by atoms with Crippen LogP contribution in [0.5, 0.6) is 0 Å². The van der Waals surface area contributed by atoms with Gasteiger partial charge in [0, 0.05) is 26.0 Å². The second kappa shape index (κ2) is 3.23. The molecule has 0 aliphatic carbocycles. The normalized spacial score (nSPS) is 24.6. The van der Waals surface area contributed by atoms with Gasteiger partial charge in [0.05, 0.1) is 0 Å². The molecular weight excluding hydrogens is 148 g/mol. The van der Waals surface area contributed by atoms with E-state index in [2.05, 4.69) is 23.0 Å². The molecule has 63 valence electrons. The molecule has 0 N–H and O–H groups in total. The second-order valence-electron chi connectivity index (χ2n) is 3.35. The molecule has 1 aliphatic heterocycles. The van der Waals surface area contributed by atoms with E-state index in [1.165, 1.54) is 12.0 Å². The van der Waals surface area contributed by atoms with Crippen LogP contribution in [0.4, 0.5) is 0 Å². The van der Waals surface area contributed by atoms with E-state index in [-0.39, 0.29) is 0 Å². The van der Waals surface area contributed by atoms with Crippen LogP contribution < -0.4 is 0 Å². The van der Waals surface area contributed by atoms with Crippen molar-refractivity contribution < 1.29 is 0 Å². The van der Waals surface area contributed by atoms with E-state index in [1.54, 1.807) is 0 Å². The molecule has 0 amide bonds. The van der Waals surface area contributed by atoms with Crippen molar-refractivity contribution in [1.82, 2.24) is 9.88 Å². The summed E-state index contributed by atoms with van der Waals surface area (Å²) in [5, 5.41) is 0. The Labute approximate surface area is 73.2 Å². The molecule has 1 fully saturated rings. The summed E-state index contributed by atoms with van der Waals surface area (Å²) < 4.78 is 0. The van der Waals surface area contributed by atoms with Crippen molar-refractivity contribution in [2.45, 2.75) is 12.3 Å². The molecule has 1 atom stereocenters. The van der Waals surface area contributed by atoms with Gasteiger partial charge in [-0.2, -0.15) is 0 Å². The van der Waals surface area contributed by atoms with Gasteiger partial charge in [-0.1, -0.05) is 6.07 Å². The molecule has 2 heterocycles. The molecule has 2 rings (SSSR count). The molecule has 1 aromatic rings. The van der Waals surface area contributed by atoms with Crippen LogP contribution in [0.3, 0.4) is 0 Å². The Morgan fingerprint density at radius 2 is 2.50 bits per heavy atom. The maximum absolute atomic E-state index is 4.12. The quantitative estimate of drug-likeness (QED) is 0.622. The molecule has 0 saturated carbocycles. The third-order valence-electron chi connectivity index (χ3n) is 2.43. The highest BCUT2D eigenvalue weighted by Gasteiger charge is 2.20. The van der Waals surface area contributed by atoms with E-state index < -0.39 is 0 Å². The Bertz CT molecular complexity index is 245. The largest absolute Gasteiger partial charge is 0.301 e. The van der Waals surface area contributed by atoms with E-state index in [9.17, 15) is 0 Å². The van der Waals surface area contributed by atoms with Crippen LogP contribution >= 0.6 is 0 Å². The standard InChI is InChI=1S/C10H13N2/c1-12-6-4-10(8-12)9-3-2-5-11-7-9/h2-3,5,7,10H,1,4,6,8H2. The van der Waals surface area contributed by atoms with Gasteiger partial charge in [0.15, 0.2) is 0 Å². The number of nitrogens with zero attached hydrogens (tertiary/aromatic N) is 2. The molecule has 0 bridgehead atoms. The van der Waals surface area contributed by atoms with E-state index in [0.717, 1.165) is 13.1 Å². The van der Waals surface area contributed by atoms with Gasteiger partial charge in [0.2, 0.25) is 0 Å². The van der Waals surface area contributed by atoms with E-state index in [4.69, 9.17) is 0 Å². The lowest BCUT2D eigenvalue weighted by molar-refractivity contribution is 0.454. The summed E-state index contributed by atoms with van der Waals surface area (Å²) in [5.41, 5.74) is 1.35. The van der Waals surface area contributed by atoms with Crippen LogP contribution in [0.2, 0.25) is 0 Å². The molecule has 1 unspecified atom stereocenters. The Balaban J connectivity index is 2.11. The third-order valence-corrected chi connectivity index (χ3v) is 2.43. The predicted molar refractivity (Wildman–Crippen MR) is 48.5 cm³/mol. The minimum atomic E-state index is 0.649. The van der Waals surface area contributed by atoms with Gasteiger partial charge in [-0.3, -0.25) is 4.98 Å². The minimum absolute atomic E-state index is 0.649. The lowest BCUT2D eigenvalue weighted by atomic mass is 10.0. The maximum atomic E-state index is 4.12. The average molecular weight is 161 g/mol. The van der Waals surface area contributed by atoms with Crippen LogP contribution in [0.15, 0.2) is 24.5 Å². The zero-order chi connectivity index (χ0) is 8.39. The first-order valence-electron chi connectivity index (χ1n) is 4.31. The molecule has 2 nitrogen and oxygen atoms in total. The van der Waals surface area contributed by atoms with Crippen LogP contribution in [-0.4, -0.2) is 23.0 Å². The van der Waals surface area contributed by atoms with Crippen molar-refractivity contribution in [3.63, 3.8) is 0 Å². The summed E-state index contributed by atoms with van der Waals surface area (Å²) in [7, 11) is 3.93. The molecular formula is C10H13N2. The summed E-state index contributed by atoms with van der Waals surface area (Å²) in [6.45, 7) is 2.19. The summed E-state index contributed by atoms with van der Waals surface area (Å²) in [6, 6.07) is 4.15. The summed E-state index contributed by atoms with van der Waals surface area (Å²) in [6.07, 6.45) is 5.00. The van der Waals surface area contributed by atoms with Gasteiger partial charge < -0.3 is 4.90 Å². The number of hydrogen-bond acceptors (Lipinski definition) is 2. The lowest BCUT2D eigenvalue weighted by Gasteiger charge is -2.09. The van der Waals surface area contributed by atoms with E-state index >= 15 is 0 Å². The molecule has 12 heavy (non-hydrogen) atoms. The number of hydrogen-bond donors (Lipinski definition) is 0. The van der Waals surface area contributed by atoms with Crippen LogP contribution in [0.1, 0.15) is 17.9 Å². The van der Waals surface area contributed by atoms with Gasteiger partial charge in [0.1, 0.15) is 0 Å². The topological polar surface area (TPSA) is 16.1 Å². The van der Waals surface area contributed by atoms with E-state index in [1.807, 2.05) is 18.5 Å².